The fraction of sp³-hybridized carbons (Fsp3) is 0.357. The molecule has 0 saturated heterocycles. The summed E-state index contributed by atoms with van der Waals surface area (Å²) < 4.78 is 11.1. The third-order valence-corrected chi connectivity index (χ3v) is 2.54. The zero-order valence-electron chi connectivity index (χ0n) is 10.6. The minimum absolute atomic E-state index is 0.510. The van der Waals surface area contributed by atoms with E-state index in [1.807, 2.05) is 37.4 Å². The van der Waals surface area contributed by atoms with E-state index in [0.717, 1.165) is 30.2 Å². The molecule has 0 aromatic carbocycles. The molecule has 2 heterocycles. The van der Waals surface area contributed by atoms with Crippen LogP contribution in [0.15, 0.2) is 40.9 Å². The summed E-state index contributed by atoms with van der Waals surface area (Å²) >= 11 is 0. The standard InChI is InChI=1S/C14H18N2O2/c1-15-10-13-5-6-14(18-13)11-17-9-7-12-4-2-3-8-16-12/h2-6,8,15H,7,9-11H2,1H3. The highest BCUT2D eigenvalue weighted by Gasteiger charge is 2.01. The molecule has 4 heteroatoms. The van der Waals surface area contributed by atoms with Crippen LogP contribution in [0.4, 0.5) is 0 Å². The summed E-state index contributed by atoms with van der Waals surface area (Å²) in [6, 6.07) is 9.82. The van der Waals surface area contributed by atoms with Crippen LogP contribution in [0.2, 0.25) is 0 Å². The van der Waals surface area contributed by atoms with Crippen LogP contribution >= 0.6 is 0 Å². The molecule has 0 aliphatic heterocycles. The maximum atomic E-state index is 5.57. The van der Waals surface area contributed by atoms with Crippen molar-refractivity contribution in [3.8, 4) is 0 Å². The highest BCUT2D eigenvalue weighted by Crippen LogP contribution is 2.09. The van der Waals surface area contributed by atoms with E-state index in [2.05, 4.69) is 10.3 Å². The van der Waals surface area contributed by atoms with Gasteiger partial charge in [0.25, 0.3) is 0 Å². The van der Waals surface area contributed by atoms with Crippen LogP contribution in [0.1, 0.15) is 17.2 Å². The van der Waals surface area contributed by atoms with E-state index in [4.69, 9.17) is 9.15 Å². The molecular weight excluding hydrogens is 228 g/mol. The first-order valence-corrected chi connectivity index (χ1v) is 6.08. The van der Waals surface area contributed by atoms with E-state index in [-0.39, 0.29) is 0 Å². The Kier molecular flexibility index (Phi) is 4.93. The van der Waals surface area contributed by atoms with Gasteiger partial charge >= 0.3 is 0 Å². The SMILES string of the molecule is CNCc1ccc(COCCc2ccccn2)o1. The zero-order chi connectivity index (χ0) is 12.6. The summed E-state index contributed by atoms with van der Waals surface area (Å²) in [7, 11) is 1.89. The van der Waals surface area contributed by atoms with Crippen LogP contribution in [0.5, 0.6) is 0 Å². The minimum Gasteiger partial charge on any atom is -0.462 e. The second-order valence-corrected chi connectivity index (χ2v) is 4.02. The van der Waals surface area contributed by atoms with Gasteiger partial charge in [0.05, 0.1) is 13.2 Å². The monoisotopic (exact) mass is 246 g/mol. The topological polar surface area (TPSA) is 47.3 Å². The van der Waals surface area contributed by atoms with Gasteiger partial charge in [0.1, 0.15) is 18.1 Å². The van der Waals surface area contributed by atoms with Gasteiger partial charge in [-0.05, 0) is 31.3 Å². The van der Waals surface area contributed by atoms with Crippen molar-refractivity contribution in [1.82, 2.24) is 10.3 Å². The molecule has 2 aromatic heterocycles. The summed E-state index contributed by atoms with van der Waals surface area (Å²) in [5, 5.41) is 3.04. The van der Waals surface area contributed by atoms with E-state index in [1.54, 1.807) is 6.20 Å². The maximum absolute atomic E-state index is 5.57. The molecule has 0 saturated carbocycles. The van der Waals surface area contributed by atoms with Gasteiger partial charge in [-0.1, -0.05) is 6.07 Å². The highest BCUT2D eigenvalue weighted by atomic mass is 16.5. The van der Waals surface area contributed by atoms with Crippen molar-refractivity contribution in [3.63, 3.8) is 0 Å². The van der Waals surface area contributed by atoms with Crippen LogP contribution in [0.25, 0.3) is 0 Å². The van der Waals surface area contributed by atoms with Crippen LogP contribution in [-0.2, 0) is 24.3 Å². The average molecular weight is 246 g/mol. The summed E-state index contributed by atoms with van der Waals surface area (Å²) in [5.41, 5.74) is 1.05. The normalized spacial score (nSPS) is 10.7. The molecule has 0 amide bonds. The second kappa shape index (κ2) is 6.93. The number of ether oxygens (including phenoxy) is 1. The molecular formula is C14H18N2O2. The molecule has 0 aliphatic rings. The third-order valence-electron chi connectivity index (χ3n) is 2.54. The predicted molar refractivity (Wildman–Crippen MR) is 69.1 cm³/mol. The predicted octanol–water partition coefficient (Wildman–Crippen LogP) is 2.15. The summed E-state index contributed by atoms with van der Waals surface area (Å²) in [5.74, 6) is 1.79. The second-order valence-electron chi connectivity index (χ2n) is 4.02. The van der Waals surface area contributed by atoms with Gasteiger partial charge < -0.3 is 14.5 Å². The van der Waals surface area contributed by atoms with Crippen LogP contribution in [0.3, 0.4) is 0 Å². The van der Waals surface area contributed by atoms with E-state index >= 15 is 0 Å². The van der Waals surface area contributed by atoms with Crippen LogP contribution in [-0.4, -0.2) is 18.6 Å². The van der Waals surface area contributed by atoms with Gasteiger partial charge in [0, 0.05) is 18.3 Å². The summed E-state index contributed by atoms with van der Waals surface area (Å²) in [6.45, 7) is 1.91. The Morgan fingerprint density at radius 3 is 2.89 bits per heavy atom. The molecule has 18 heavy (non-hydrogen) atoms. The van der Waals surface area contributed by atoms with E-state index in [9.17, 15) is 0 Å². The molecule has 0 unspecified atom stereocenters. The number of pyridine rings is 1. The van der Waals surface area contributed by atoms with E-state index < -0.39 is 0 Å². The van der Waals surface area contributed by atoms with Gasteiger partial charge in [-0.3, -0.25) is 4.98 Å². The average Bonchev–Trinajstić information content (AvgIpc) is 2.84. The molecule has 4 nitrogen and oxygen atoms in total. The van der Waals surface area contributed by atoms with Crippen molar-refractivity contribution < 1.29 is 9.15 Å². The Balaban J connectivity index is 1.68. The lowest BCUT2D eigenvalue weighted by atomic mass is 10.3. The summed E-state index contributed by atoms with van der Waals surface area (Å²) in [6.07, 6.45) is 2.62. The molecule has 0 atom stereocenters. The maximum Gasteiger partial charge on any atom is 0.129 e. The smallest absolute Gasteiger partial charge is 0.129 e. The number of nitrogens with one attached hydrogen (secondary N) is 1. The Hall–Kier alpha value is -1.65. The molecule has 0 spiro atoms. The van der Waals surface area contributed by atoms with Crippen molar-refractivity contribution in [3.05, 3.63) is 53.7 Å². The lowest BCUT2D eigenvalue weighted by molar-refractivity contribution is 0.107. The van der Waals surface area contributed by atoms with Crippen LogP contribution < -0.4 is 5.32 Å². The molecule has 96 valence electrons. The van der Waals surface area contributed by atoms with Crippen molar-refractivity contribution in [2.75, 3.05) is 13.7 Å². The Morgan fingerprint density at radius 2 is 2.11 bits per heavy atom. The Labute approximate surface area is 107 Å². The van der Waals surface area contributed by atoms with Crippen molar-refractivity contribution >= 4 is 0 Å². The molecule has 0 aliphatic carbocycles. The molecule has 2 aromatic rings. The number of hydrogen-bond donors (Lipinski definition) is 1. The molecule has 0 bridgehead atoms. The molecule has 0 fully saturated rings. The molecule has 1 N–H and O–H groups in total. The van der Waals surface area contributed by atoms with Gasteiger partial charge in [-0.25, -0.2) is 0 Å². The summed E-state index contributed by atoms with van der Waals surface area (Å²) in [4.78, 5) is 4.24. The first kappa shape index (κ1) is 12.8. The number of aromatic nitrogens is 1. The van der Waals surface area contributed by atoms with Gasteiger partial charge in [-0.15, -0.1) is 0 Å². The minimum atomic E-state index is 0.510. The number of nitrogens with zero attached hydrogens (tertiary/aromatic N) is 1. The lowest BCUT2D eigenvalue weighted by Crippen LogP contribution is -2.03. The molecule has 0 radical (unpaired) electrons. The first-order chi connectivity index (χ1) is 8.88. The first-order valence-electron chi connectivity index (χ1n) is 6.08. The van der Waals surface area contributed by atoms with Crippen molar-refractivity contribution in [2.24, 2.45) is 0 Å². The fourth-order valence-corrected chi connectivity index (χ4v) is 1.66. The van der Waals surface area contributed by atoms with Crippen molar-refractivity contribution in [2.45, 2.75) is 19.6 Å². The molecule has 2 rings (SSSR count). The fourth-order valence-electron chi connectivity index (χ4n) is 1.66. The highest BCUT2D eigenvalue weighted by molar-refractivity contribution is 5.06. The lowest BCUT2D eigenvalue weighted by Gasteiger charge is -2.02. The third kappa shape index (κ3) is 3.98. The quantitative estimate of drug-likeness (QED) is 0.760. The Bertz CT molecular complexity index is 454. The van der Waals surface area contributed by atoms with Gasteiger partial charge in [-0.2, -0.15) is 0 Å². The van der Waals surface area contributed by atoms with Crippen molar-refractivity contribution in [1.29, 1.82) is 0 Å². The van der Waals surface area contributed by atoms with Gasteiger partial charge in [0.15, 0.2) is 0 Å². The Morgan fingerprint density at radius 1 is 1.22 bits per heavy atom. The largest absolute Gasteiger partial charge is 0.462 e. The number of furan rings is 1. The number of hydrogen-bond acceptors (Lipinski definition) is 4. The van der Waals surface area contributed by atoms with Crippen LogP contribution in [0, 0.1) is 0 Å². The van der Waals surface area contributed by atoms with Gasteiger partial charge in [0.2, 0.25) is 0 Å². The van der Waals surface area contributed by atoms with E-state index in [1.165, 1.54) is 0 Å². The zero-order valence-corrected chi connectivity index (χ0v) is 10.6. The number of rotatable bonds is 7. The van der Waals surface area contributed by atoms with E-state index in [0.29, 0.717) is 13.2 Å².